The summed E-state index contributed by atoms with van der Waals surface area (Å²) in [6.45, 7) is 4.30. The summed E-state index contributed by atoms with van der Waals surface area (Å²) in [5, 5.41) is 7.98. The van der Waals surface area contributed by atoms with Crippen LogP contribution < -0.4 is 5.32 Å². The molecule has 0 aromatic carbocycles. The molecular formula is C14H25N3. The molecule has 1 heterocycles. The first-order valence-corrected chi connectivity index (χ1v) is 6.78. The van der Waals surface area contributed by atoms with E-state index < -0.39 is 0 Å². The van der Waals surface area contributed by atoms with Crippen LogP contribution in [0, 0.1) is 19.8 Å². The standard InChI is InChI=1S/C14H25N3/c1-10-14(11(2)17(4)16-10)9-13(15-3)8-12-6-5-7-12/h12-13,15H,5-9H2,1-4H3. The second-order valence-corrected chi connectivity index (χ2v) is 5.50. The Labute approximate surface area is 105 Å². The van der Waals surface area contributed by atoms with Crippen LogP contribution in [0.25, 0.3) is 0 Å². The molecule has 1 N–H and O–H groups in total. The third-order valence-corrected chi connectivity index (χ3v) is 4.36. The Morgan fingerprint density at radius 2 is 2.12 bits per heavy atom. The lowest BCUT2D eigenvalue weighted by atomic mass is 9.80. The first-order chi connectivity index (χ1) is 8.11. The summed E-state index contributed by atoms with van der Waals surface area (Å²) in [7, 11) is 4.12. The normalized spacial score (nSPS) is 18.1. The van der Waals surface area contributed by atoms with Gasteiger partial charge in [0.1, 0.15) is 0 Å². The summed E-state index contributed by atoms with van der Waals surface area (Å²) in [6, 6.07) is 0.613. The highest BCUT2D eigenvalue weighted by Crippen LogP contribution is 2.31. The molecule has 3 nitrogen and oxygen atoms in total. The van der Waals surface area contributed by atoms with Crippen molar-refractivity contribution in [2.24, 2.45) is 13.0 Å². The van der Waals surface area contributed by atoms with Crippen LogP contribution in [0.5, 0.6) is 0 Å². The number of hydrogen-bond donors (Lipinski definition) is 1. The molecule has 0 spiro atoms. The van der Waals surface area contributed by atoms with Gasteiger partial charge in [-0.05, 0) is 45.2 Å². The van der Waals surface area contributed by atoms with Gasteiger partial charge in [0, 0.05) is 18.8 Å². The van der Waals surface area contributed by atoms with Gasteiger partial charge in [-0.1, -0.05) is 19.3 Å². The lowest BCUT2D eigenvalue weighted by Crippen LogP contribution is -2.32. The number of aryl methyl sites for hydroxylation is 2. The molecule has 1 fully saturated rings. The van der Waals surface area contributed by atoms with Crippen molar-refractivity contribution in [3.05, 3.63) is 17.0 Å². The number of likely N-dealkylation sites (N-methyl/N-ethyl adjacent to an activating group) is 1. The van der Waals surface area contributed by atoms with Crippen LogP contribution in [-0.2, 0) is 13.5 Å². The molecule has 1 atom stereocenters. The molecule has 0 saturated heterocycles. The van der Waals surface area contributed by atoms with Crippen LogP contribution in [0.1, 0.15) is 42.6 Å². The summed E-state index contributed by atoms with van der Waals surface area (Å²) in [5.41, 5.74) is 3.95. The zero-order valence-electron chi connectivity index (χ0n) is 11.6. The van der Waals surface area contributed by atoms with Crippen molar-refractivity contribution in [3.8, 4) is 0 Å². The predicted molar refractivity (Wildman–Crippen MR) is 71.2 cm³/mol. The number of nitrogens with zero attached hydrogens (tertiary/aromatic N) is 2. The molecule has 17 heavy (non-hydrogen) atoms. The second kappa shape index (κ2) is 5.21. The minimum atomic E-state index is 0.613. The molecular weight excluding hydrogens is 210 g/mol. The van der Waals surface area contributed by atoms with E-state index >= 15 is 0 Å². The quantitative estimate of drug-likeness (QED) is 0.849. The van der Waals surface area contributed by atoms with Gasteiger partial charge in [-0.15, -0.1) is 0 Å². The van der Waals surface area contributed by atoms with Crippen molar-refractivity contribution in [1.82, 2.24) is 15.1 Å². The van der Waals surface area contributed by atoms with Gasteiger partial charge < -0.3 is 5.32 Å². The molecule has 96 valence electrons. The van der Waals surface area contributed by atoms with Crippen molar-refractivity contribution in [2.45, 2.75) is 52.0 Å². The van der Waals surface area contributed by atoms with Crippen molar-refractivity contribution in [1.29, 1.82) is 0 Å². The molecule has 0 bridgehead atoms. The average Bonchev–Trinajstić information content (AvgIpc) is 2.47. The van der Waals surface area contributed by atoms with Gasteiger partial charge in [0.2, 0.25) is 0 Å². The summed E-state index contributed by atoms with van der Waals surface area (Å²) in [4.78, 5) is 0. The van der Waals surface area contributed by atoms with Gasteiger partial charge in [0.15, 0.2) is 0 Å². The minimum Gasteiger partial charge on any atom is -0.317 e. The second-order valence-electron chi connectivity index (χ2n) is 5.50. The van der Waals surface area contributed by atoms with Crippen molar-refractivity contribution < 1.29 is 0 Å². The average molecular weight is 235 g/mol. The molecule has 1 aromatic heterocycles. The Kier molecular flexibility index (Phi) is 3.87. The van der Waals surface area contributed by atoms with Crippen molar-refractivity contribution >= 4 is 0 Å². The SMILES string of the molecule is CNC(Cc1c(C)nn(C)c1C)CC1CCC1. The molecule has 3 heteroatoms. The van der Waals surface area contributed by atoms with E-state index in [0.29, 0.717) is 6.04 Å². The van der Waals surface area contributed by atoms with E-state index in [4.69, 9.17) is 0 Å². The van der Waals surface area contributed by atoms with Crippen molar-refractivity contribution in [3.63, 3.8) is 0 Å². The maximum absolute atomic E-state index is 4.50. The fourth-order valence-corrected chi connectivity index (χ4v) is 2.79. The lowest BCUT2D eigenvalue weighted by Gasteiger charge is -2.29. The molecule has 1 aliphatic rings. The number of aromatic nitrogens is 2. The summed E-state index contributed by atoms with van der Waals surface area (Å²) in [6.07, 6.45) is 6.75. The Morgan fingerprint density at radius 3 is 2.53 bits per heavy atom. The first kappa shape index (κ1) is 12.6. The van der Waals surface area contributed by atoms with Crippen molar-refractivity contribution in [2.75, 3.05) is 7.05 Å². The van der Waals surface area contributed by atoms with E-state index in [0.717, 1.165) is 12.3 Å². The van der Waals surface area contributed by atoms with Gasteiger partial charge in [0.25, 0.3) is 0 Å². The summed E-state index contributed by atoms with van der Waals surface area (Å²) in [5.74, 6) is 0.963. The fraction of sp³-hybridized carbons (Fsp3) is 0.786. The highest BCUT2D eigenvalue weighted by molar-refractivity contribution is 5.25. The molecule has 0 aliphatic heterocycles. The van der Waals surface area contributed by atoms with Gasteiger partial charge in [-0.25, -0.2) is 0 Å². The largest absolute Gasteiger partial charge is 0.317 e. The van der Waals surface area contributed by atoms with E-state index in [-0.39, 0.29) is 0 Å². The Balaban J connectivity index is 2.01. The maximum atomic E-state index is 4.50. The first-order valence-electron chi connectivity index (χ1n) is 6.78. The molecule has 0 amide bonds. The Morgan fingerprint density at radius 1 is 1.41 bits per heavy atom. The lowest BCUT2D eigenvalue weighted by molar-refractivity contribution is 0.263. The smallest absolute Gasteiger partial charge is 0.0628 e. The number of hydrogen-bond acceptors (Lipinski definition) is 2. The maximum Gasteiger partial charge on any atom is 0.0628 e. The van der Waals surface area contributed by atoms with Crippen LogP contribution in [0.15, 0.2) is 0 Å². The Hall–Kier alpha value is -0.830. The van der Waals surface area contributed by atoms with E-state index in [2.05, 4.69) is 31.3 Å². The highest BCUT2D eigenvalue weighted by atomic mass is 15.3. The van der Waals surface area contributed by atoms with E-state index in [1.165, 1.54) is 42.6 Å². The van der Waals surface area contributed by atoms with Gasteiger partial charge in [-0.2, -0.15) is 5.10 Å². The molecule has 1 unspecified atom stereocenters. The topological polar surface area (TPSA) is 29.9 Å². The zero-order valence-corrected chi connectivity index (χ0v) is 11.6. The Bertz CT molecular complexity index is 377. The predicted octanol–water partition coefficient (Wildman–Crippen LogP) is 2.36. The third-order valence-electron chi connectivity index (χ3n) is 4.36. The van der Waals surface area contributed by atoms with E-state index in [1.807, 2.05) is 11.7 Å². The molecule has 1 aliphatic carbocycles. The fourth-order valence-electron chi connectivity index (χ4n) is 2.79. The minimum absolute atomic E-state index is 0.613. The van der Waals surface area contributed by atoms with E-state index in [9.17, 15) is 0 Å². The summed E-state index contributed by atoms with van der Waals surface area (Å²) < 4.78 is 2.00. The van der Waals surface area contributed by atoms with E-state index in [1.54, 1.807) is 0 Å². The monoisotopic (exact) mass is 235 g/mol. The van der Waals surface area contributed by atoms with Crippen LogP contribution in [0.4, 0.5) is 0 Å². The number of rotatable bonds is 5. The van der Waals surface area contributed by atoms with Crippen LogP contribution >= 0.6 is 0 Å². The van der Waals surface area contributed by atoms with Gasteiger partial charge >= 0.3 is 0 Å². The highest BCUT2D eigenvalue weighted by Gasteiger charge is 2.23. The molecule has 0 radical (unpaired) electrons. The van der Waals surface area contributed by atoms with Crippen LogP contribution in [-0.4, -0.2) is 22.9 Å². The van der Waals surface area contributed by atoms with Crippen LogP contribution in [0.3, 0.4) is 0 Å². The molecule has 1 saturated carbocycles. The van der Waals surface area contributed by atoms with Gasteiger partial charge in [-0.3, -0.25) is 4.68 Å². The molecule has 1 aromatic rings. The molecule has 2 rings (SSSR count). The zero-order chi connectivity index (χ0) is 12.4. The van der Waals surface area contributed by atoms with Crippen LogP contribution in [0.2, 0.25) is 0 Å². The number of nitrogens with one attached hydrogen (secondary N) is 1. The summed E-state index contributed by atoms with van der Waals surface area (Å²) >= 11 is 0. The van der Waals surface area contributed by atoms with Gasteiger partial charge in [0.05, 0.1) is 5.69 Å². The third kappa shape index (κ3) is 2.71.